The van der Waals surface area contributed by atoms with Gasteiger partial charge >= 0.3 is 0 Å². The molecule has 0 radical (unpaired) electrons. The van der Waals surface area contributed by atoms with E-state index in [4.69, 9.17) is 9.47 Å². The molecular weight excluding hydrogens is 292 g/mol. The number of nitrogens with one attached hydrogen (secondary N) is 1. The summed E-state index contributed by atoms with van der Waals surface area (Å²) in [6, 6.07) is 5.63. The van der Waals surface area contributed by atoms with Gasteiger partial charge < -0.3 is 19.7 Å². The third kappa shape index (κ3) is 6.74. The fourth-order valence-corrected chi connectivity index (χ4v) is 2.19. The standard InChI is InChI=1S/C18H28N2O3/c1-5-8-15-9-10-16(17(13-15)22-4)23-14-18(21)19-11-12-20(6-2)7-3/h5,8-10,13H,6-7,11-12,14H2,1-4H3,(H,19,21)/b8-5+. The van der Waals surface area contributed by atoms with Crippen LogP contribution in [0, 0.1) is 0 Å². The normalized spacial score (nSPS) is 11.0. The van der Waals surface area contributed by atoms with Gasteiger partial charge in [0.1, 0.15) is 0 Å². The van der Waals surface area contributed by atoms with Crippen LogP contribution in [0.25, 0.3) is 6.08 Å². The summed E-state index contributed by atoms with van der Waals surface area (Å²) in [7, 11) is 1.59. The van der Waals surface area contributed by atoms with Crippen molar-refractivity contribution in [2.45, 2.75) is 20.8 Å². The van der Waals surface area contributed by atoms with Crippen molar-refractivity contribution in [2.75, 3.05) is 39.9 Å². The highest BCUT2D eigenvalue weighted by atomic mass is 16.5. The SMILES string of the molecule is C/C=C/c1ccc(OCC(=O)NCCN(CC)CC)c(OC)c1. The van der Waals surface area contributed by atoms with Crippen LogP contribution in [0.2, 0.25) is 0 Å². The predicted molar refractivity (Wildman–Crippen MR) is 94.0 cm³/mol. The Balaban J connectivity index is 2.46. The average Bonchev–Trinajstić information content (AvgIpc) is 2.57. The zero-order chi connectivity index (χ0) is 17.1. The zero-order valence-corrected chi connectivity index (χ0v) is 14.6. The molecule has 0 saturated heterocycles. The Morgan fingerprint density at radius 3 is 2.61 bits per heavy atom. The lowest BCUT2D eigenvalue weighted by Crippen LogP contribution is -2.36. The highest BCUT2D eigenvalue weighted by Gasteiger charge is 2.08. The molecule has 1 aromatic carbocycles. The topological polar surface area (TPSA) is 50.8 Å². The lowest BCUT2D eigenvalue weighted by molar-refractivity contribution is -0.123. The fraction of sp³-hybridized carbons (Fsp3) is 0.500. The highest BCUT2D eigenvalue weighted by Crippen LogP contribution is 2.28. The number of hydrogen-bond acceptors (Lipinski definition) is 4. The minimum absolute atomic E-state index is 0.0163. The van der Waals surface area contributed by atoms with Gasteiger partial charge in [-0.15, -0.1) is 0 Å². The van der Waals surface area contributed by atoms with Crippen molar-refractivity contribution in [3.8, 4) is 11.5 Å². The highest BCUT2D eigenvalue weighted by molar-refractivity contribution is 5.77. The van der Waals surface area contributed by atoms with Crippen LogP contribution < -0.4 is 14.8 Å². The van der Waals surface area contributed by atoms with Gasteiger partial charge in [-0.3, -0.25) is 4.79 Å². The molecule has 0 fully saturated rings. The maximum atomic E-state index is 11.8. The average molecular weight is 320 g/mol. The molecule has 0 aromatic heterocycles. The summed E-state index contributed by atoms with van der Waals surface area (Å²) in [6.07, 6.45) is 3.94. The zero-order valence-electron chi connectivity index (χ0n) is 14.6. The van der Waals surface area contributed by atoms with Crippen LogP contribution in [0.4, 0.5) is 0 Å². The molecule has 0 saturated carbocycles. The molecule has 0 aliphatic rings. The number of methoxy groups -OCH3 is 1. The molecule has 0 heterocycles. The fourth-order valence-electron chi connectivity index (χ4n) is 2.19. The Hall–Kier alpha value is -2.01. The molecule has 23 heavy (non-hydrogen) atoms. The smallest absolute Gasteiger partial charge is 0.257 e. The number of ether oxygens (including phenoxy) is 2. The van der Waals surface area contributed by atoms with Crippen molar-refractivity contribution in [3.63, 3.8) is 0 Å². The second-order valence-corrected chi connectivity index (χ2v) is 5.08. The van der Waals surface area contributed by atoms with Gasteiger partial charge in [0.15, 0.2) is 18.1 Å². The molecule has 0 bridgehead atoms. The Morgan fingerprint density at radius 1 is 1.26 bits per heavy atom. The van der Waals surface area contributed by atoms with E-state index < -0.39 is 0 Å². The minimum atomic E-state index is -0.128. The maximum Gasteiger partial charge on any atom is 0.257 e. The van der Waals surface area contributed by atoms with Crippen LogP contribution in [-0.4, -0.2) is 50.7 Å². The van der Waals surface area contributed by atoms with Gasteiger partial charge in [-0.05, 0) is 37.7 Å². The summed E-state index contributed by atoms with van der Waals surface area (Å²) < 4.78 is 10.9. The van der Waals surface area contributed by atoms with Crippen LogP contribution in [-0.2, 0) is 4.79 Å². The Labute approximate surface area is 139 Å². The van der Waals surface area contributed by atoms with E-state index in [1.165, 1.54) is 0 Å². The van der Waals surface area contributed by atoms with E-state index in [9.17, 15) is 4.79 Å². The number of rotatable bonds is 10. The number of carbonyl (C=O) groups is 1. The maximum absolute atomic E-state index is 11.8. The van der Waals surface area contributed by atoms with E-state index in [2.05, 4.69) is 24.1 Å². The molecule has 0 aliphatic heterocycles. The van der Waals surface area contributed by atoms with Crippen molar-refractivity contribution in [3.05, 3.63) is 29.8 Å². The van der Waals surface area contributed by atoms with E-state index in [1.54, 1.807) is 7.11 Å². The summed E-state index contributed by atoms with van der Waals surface area (Å²) >= 11 is 0. The lowest BCUT2D eigenvalue weighted by atomic mass is 10.2. The Morgan fingerprint density at radius 2 is 2.00 bits per heavy atom. The number of allylic oxidation sites excluding steroid dienone is 1. The largest absolute Gasteiger partial charge is 0.493 e. The van der Waals surface area contributed by atoms with Crippen LogP contribution >= 0.6 is 0 Å². The third-order valence-corrected chi connectivity index (χ3v) is 3.55. The van der Waals surface area contributed by atoms with E-state index in [0.29, 0.717) is 18.0 Å². The minimum Gasteiger partial charge on any atom is -0.493 e. The Bertz CT molecular complexity index is 511. The van der Waals surface area contributed by atoms with E-state index >= 15 is 0 Å². The first-order chi connectivity index (χ1) is 11.1. The molecular formula is C18H28N2O3. The number of benzene rings is 1. The van der Waals surface area contributed by atoms with Gasteiger partial charge in [0.25, 0.3) is 5.91 Å². The number of likely N-dealkylation sites (N-methyl/N-ethyl adjacent to an activating group) is 1. The summed E-state index contributed by atoms with van der Waals surface area (Å²) in [6.45, 7) is 9.60. The van der Waals surface area contributed by atoms with Crippen molar-refractivity contribution in [2.24, 2.45) is 0 Å². The quantitative estimate of drug-likeness (QED) is 0.720. The summed E-state index contributed by atoms with van der Waals surface area (Å²) in [5.74, 6) is 1.06. The van der Waals surface area contributed by atoms with Crippen molar-refractivity contribution in [1.29, 1.82) is 0 Å². The number of hydrogen-bond donors (Lipinski definition) is 1. The molecule has 0 atom stereocenters. The summed E-state index contributed by atoms with van der Waals surface area (Å²) in [5.41, 5.74) is 1.03. The first-order valence-electron chi connectivity index (χ1n) is 8.07. The molecule has 1 amide bonds. The third-order valence-electron chi connectivity index (χ3n) is 3.55. The van der Waals surface area contributed by atoms with Crippen molar-refractivity contribution < 1.29 is 14.3 Å². The number of amides is 1. The molecule has 5 heteroatoms. The molecule has 1 aromatic rings. The van der Waals surface area contributed by atoms with Crippen LogP contribution in [0.1, 0.15) is 26.3 Å². The molecule has 0 spiro atoms. The molecule has 0 aliphatic carbocycles. The summed E-state index contributed by atoms with van der Waals surface area (Å²) in [4.78, 5) is 14.1. The first kappa shape index (κ1) is 19.0. The van der Waals surface area contributed by atoms with Crippen LogP contribution in [0.15, 0.2) is 24.3 Å². The molecule has 1 N–H and O–H groups in total. The summed E-state index contributed by atoms with van der Waals surface area (Å²) in [5, 5.41) is 2.86. The molecule has 1 rings (SSSR count). The van der Waals surface area contributed by atoms with Gasteiger partial charge in [0, 0.05) is 13.1 Å². The number of carbonyl (C=O) groups excluding carboxylic acids is 1. The van der Waals surface area contributed by atoms with Crippen molar-refractivity contribution in [1.82, 2.24) is 10.2 Å². The predicted octanol–water partition coefficient (Wildman–Crippen LogP) is 2.57. The molecule has 5 nitrogen and oxygen atoms in total. The molecule has 0 unspecified atom stereocenters. The lowest BCUT2D eigenvalue weighted by Gasteiger charge is -2.18. The second kappa shape index (κ2) is 10.7. The van der Waals surface area contributed by atoms with Gasteiger partial charge in [-0.2, -0.15) is 0 Å². The van der Waals surface area contributed by atoms with E-state index in [1.807, 2.05) is 37.3 Å². The Kier molecular flexibility index (Phi) is 8.83. The van der Waals surface area contributed by atoms with Crippen LogP contribution in [0.3, 0.4) is 0 Å². The monoisotopic (exact) mass is 320 g/mol. The van der Waals surface area contributed by atoms with Gasteiger partial charge in [0.05, 0.1) is 7.11 Å². The van der Waals surface area contributed by atoms with Gasteiger partial charge in [-0.25, -0.2) is 0 Å². The van der Waals surface area contributed by atoms with Crippen molar-refractivity contribution >= 4 is 12.0 Å². The molecule has 128 valence electrons. The van der Waals surface area contributed by atoms with E-state index in [-0.39, 0.29) is 12.5 Å². The number of nitrogens with zero attached hydrogens (tertiary/aromatic N) is 1. The van der Waals surface area contributed by atoms with Gasteiger partial charge in [0.2, 0.25) is 0 Å². The second-order valence-electron chi connectivity index (χ2n) is 5.08. The van der Waals surface area contributed by atoms with Gasteiger partial charge in [-0.1, -0.05) is 32.1 Å². The van der Waals surface area contributed by atoms with Crippen LogP contribution in [0.5, 0.6) is 11.5 Å². The first-order valence-corrected chi connectivity index (χ1v) is 8.07. The van der Waals surface area contributed by atoms with E-state index in [0.717, 1.165) is 25.2 Å².